The van der Waals surface area contributed by atoms with Crippen LogP contribution in [0, 0.1) is 6.92 Å². The number of amides is 1. The molecule has 0 fully saturated rings. The molecule has 7 heteroatoms. The van der Waals surface area contributed by atoms with Crippen molar-refractivity contribution >= 4 is 17.8 Å². The Kier molecular flexibility index (Phi) is 5.24. The Hall–Kier alpha value is -2.96. The van der Waals surface area contributed by atoms with Crippen LogP contribution in [0.5, 0.6) is 17.2 Å². The lowest BCUT2D eigenvalue weighted by Crippen LogP contribution is -2.07. The molecule has 0 radical (unpaired) electrons. The van der Waals surface area contributed by atoms with Crippen LogP contribution in [0.3, 0.4) is 0 Å². The molecule has 2 rings (SSSR count). The predicted octanol–water partition coefficient (Wildman–Crippen LogP) is 2.66. The van der Waals surface area contributed by atoms with Gasteiger partial charge in [-0.3, -0.25) is 4.79 Å². The number of anilines is 1. The van der Waals surface area contributed by atoms with Crippen LogP contribution in [0.2, 0.25) is 0 Å². The summed E-state index contributed by atoms with van der Waals surface area (Å²) < 4.78 is 20.7. The van der Waals surface area contributed by atoms with Gasteiger partial charge in [0.1, 0.15) is 5.76 Å². The first-order valence-corrected chi connectivity index (χ1v) is 6.79. The molecule has 1 N–H and O–H groups in total. The molecule has 2 aromatic rings. The van der Waals surface area contributed by atoms with Crippen LogP contribution in [-0.2, 0) is 4.79 Å². The maximum atomic E-state index is 11.9. The number of rotatable bonds is 6. The summed E-state index contributed by atoms with van der Waals surface area (Å²) in [6.07, 6.45) is 3.01. The molecule has 0 saturated carbocycles. The fraction of sp³-hybridized carbons (Fsp3) is 0.250. The number of carbonyl (C=O) groups excluding carboxylic acids is 1. The zero-order valence-corrected chi connectivity index (χ0v) is 13.4. The highest BCUT2D eigenvalue weighted by molar-refractivity contribution is 6.01. The Balaban J connectivity index is 2.16. The minimum atomic E-state index is -0.327. The molecule has 0 bridgehead atoms. The highest BCUT2D eigenvalue weighted by Gasteiger charge is 2.12. The number of nitrogens with zero attached hydrogens (tertiary/aromatic N) is 1. The number of hydrogen-bond acceptors (Lipinski definition) is 6. The lowest BCUT2D eigenvalue weighted by atomic mass is 10.1. The van der Waals surface area contributed by atoms with E-state index in [0.29, 0.717) is 28.8 Å². The lowest BCUT2D eigenvalue weighted by Gasteiger charge is -2.12. The zero-order valence-electron chi connectivity index (χ0n) is 13.4. The van der Waals surface area contributed by atoms with Crippen molar-refractivity contribution in [2.24, 2.45) is 0 Å². The van der Waals surface area contributed by atoms with Crippen LogP contribution in [-0.4, -0.2) is 32.4 Å². The first-order chi connectivity index (χ1) is 11.1. The summed E-state index contributed by atoms with van der Waals surface area (Å²) in [5.41, 5.74) is 0.728. The first-order valence-electron chi connectivity index (χ1n) is 6.79. The molecule has 1 aromatic carbocycles. The van der Waals surface area contributed by atoms with Gasteiger partial charge in [0.2, 0.25) is 11.7 Å². The molecule has 23 heavy (non-hydrogen) atoms. The van der Waals surface area contributed by atoms with Crippen molar-refractivity contribution in [1.29, 1.82) is 0 Å². The van der Waals surface area contributed by atoms with Crippen LogP contribution >= 0.6 is 0 Å². The third-order valence-electron chi connectivity index (χ3n) is 2.99. The van der Waals surface area contributed by atoms with Gasteiger partial charge >= 0.3 is 0 Å². The molecule has 1 aromatic heterocycles. The number of benzene rings is 1. The van der Waals surface area contributed by atoms with Crippen molar-refractivity contribution in [3.63, 3.8) is 0 Å². The molecular weight excluding hydrogens is 300 g/mol. The number of aromatic nitrogens is 1. The zero-order chi connectivity index (χ0) is 16.8. The third-order valence-corrected chi connectivity index (χ3v) is 2.99. The molecule has 0 spiro atoms. The van der Waals surface area contributed by atoms with E-state index in [1.54, 1.807) is 31.2 Å². The summed E-state index contributed by atoms with van der Waals surface area (Å²) in [4.78, 5) is 11.9. The van der Waals surface area contributed by atoms with Crippen molar-refractivity contribution in [3.8, 4) is 17.2 Å². The van der Waals surface area contributed by atoms with Gasteiger partial charge in [-0.25, -0.2) is 0 Å². The van der Waals surface area contributed by atoms with Crippen LogP contribution in [0.15, 0.2) is 28.8 Å². The van der Waals surface area contributed by atoms with Crippen molar-refractivity contribution in [1.82, 2.24) is 5.16 Å². The van der Waals surface area contributed by atoms with E-state index in [1.807, 2.05) is 0 Å². The average molecular weight is 318 g/mol. The number of carbonyl (C=O) groups is 1. The predicted molar refractivity (Wildman–Crippen MR) is 85.0 cm³/mol. The Morgan fingerprint density at radius 1 is 1.13 bits per heavy atom. The minimum Gasteiger partial charge on any atom is -0.493 e. The lowest BCUT2D eigenvalue weighted by molar-refractivity contribution is -0.111. The van der Waals surface area contributed by atoms with Gasteiger partial charge in [-0.2, -0.15) is 0 Å². The van der Waals surface area contributed by atoms with Crippen molar-refractivity contribution in [3.05, 3.63) is 35.6 Å². The maximum Gasteiger partial charge on any atom is 0.249 e. The Morgan fingerprint density at radius 3 is 2.26 bits per heavy atom. The molecule has 0 unspecified atom stereocenters. The van der Waals surface area contributed by atoms with E-state index in [4.69, 9.17) is 18.7 Å². The Morgan fingerprint density at radius 2 is 1.78 bits per heavy atom. The second kappa shape index (κ2) is 7.35. The fourth-order valence-corrected chi connectivity index (χ4v) is 1.96. The second-order valence-electron chi connectivity index (χ2n) is 4.60. The number of ether oxygens (including phenoxy) is 3. The molecule has 0 aliphatic heterocycles. The van der Waals surface area contributed by atoms with E-state index < -0.39 is 0 Å². The van der Waals surface area contributed by atoms with E-state index in [1.165, 1.54) is 27.4 Å². The molecule has 0 aliphatic rings. The SMILES string of the molecule is COc1cc(/C=C/C(=O)Nc2cc(C)on2)cc(OC)c1OC. The van der Waals surface area contributed by atoms with E-state index in [2.05, 4.69) is 10.5 Å². The Labute approximate surface area is 133 Å². The molecule has 0 aliphatic carbocycles. The van der Waals surface area contributed by atoms with Crippen molar-refractivity contribution in [2.75, 3.05) is 26.6 Å². The quantitative estimate of drug-likeness (QED) is 0.825. The average Bonchev–Trinajstić information content (AvgIpc) is 2.96. The van der Waals surface area contributed by atoms with Gasteiger partial charge in [0.25, 0.3) is 0 Å². The molecule has 1 amide bonds. The number of hydrogen-bond donors (Lipinski definition) is 1. The molecule has 1 heterocycles. The maximum absolute atomic E-state index is 11.9. The largest absolute Gasteiger partial charge is 0.493 e. The fourth-order valence-electron chi connectivity index (χ4n) is 1.96. The van der Waals surface area contributed by atoms with E-state index in [-0.39, 0.29) is 5.91 Å². The molecule has 0 atom stereocenters. The van der Waals surface area contributed by atoms with Crippen LogP contribution in [0.25, 0.3) is 6.08 Å². The number of nitrogens with one attached hydrogen (secondary N) is 1. The van der Waals surface area contributed by atoms with E-state index >= 15 is 0 Å². The van der Waals surface area contributed by atoms with Crippen molar-refractivity contribution < 1.29 is 23.5 Å². The van der Waals surface area contributed by atoms with Gasteiger partial charge in [-0.1, -0.05) is 5.16 Å². The molecule has 122 valence electrons. The summed E-state index contributed by atoms with van der Waals surface area (Å²) in [6.45, 7) is 1.74. The molecule has 0 saturated heterocycles. The first kappa shape index (κ1) is 16.4. The second-order valence-corrected chi connectivity index (χ2v) is 4.60. The molecule has 7 nitrogen and oxygen atoms in total. The standard InChI is InChI=1S/C16H18N2O5/c1-10-7-14(18-23-10)17-15(19)6-5-11-8-12(20-2)16(22-4)13(9-11)21-3/h5-9H,1-4H3,(H,17,18,19)/b6-5+. The number of methoxy groups -OCH3 is 3. The topological polar surface area (TPSA) is 82.8 Å². The van der Waals surface area contributed by atoms with Gasteiger partial charge in [0.05, 0.1) is 21.3 Å². The smallest absolute Gasteiger partial charge is 0.249 e. The van der Waals surface area contributed by atoms with Gasteiger partial charge in [0, 0.05) is 12.1 Å². The minimum absolute atomic E-state index is 0.327. The van der Waals surface area contributed by atoms with Gasteiger partial charge in [0.15, 0.2) is 17.3 Å². The molecular formula is C16H18N2O5. The van der Waals surface area contributed by atoms with Crippen LogP contribution in [0.4, 0.5) is 5.82 Å². The Bertz CT molecular complexity index is 696. The summed E-state index contributed by atoms with van der Waals surface area (Å²) >= 11 is 0. The summed E-state index contributed by atoms with van der Waals surface area (Å²) in [5.74, 6) is 2.18. The van der Waals surface area contributed by atoms with Crippen molar-refractivity contribution in [2.45, 2.75) is 6.92 Å². The van der Waals surface area contributed by atoms with E-state index in [0.717, 1.165) is 5.56 Å². The van der Waals surface area contributed by atoms with Gasteiger partial charge in [-0.15, -0.1) is 0 Å². The van der Waals surface area contributed by atoms with Gasteiger partial charge in [-0.05, 0) is 30.7 Å². The van der Waals surface area contributed by atoms with Crippen LogP contribution in [0.1, 0.15) is 11.3 Å². The normalized spacial score (nSPS) is 10.6. The number of aryl methyl sites for hydroxylation is 1. The summed E-state index contributed by atoms with van der Waals surface area (Å²) in [7, 11) is 4.60. The third kappa shape index (κ3) is 4.03. The van der Waals surface area contributed by atoms with Crippen LogP contribution < -0.4 is 19.5 Å². The van der Waals surface area contributed by atoms with Gasteiger partial charge < -0.3 is 24.1 Å². The summed E-state index contributed by atoms with van der Waals surface area (Å²) in [6, 6.07) is 5.11. The monoisotopic (exact) mass is 318 g/mol. The highest BCUT2D eigenvalue weighted by atomic mass is 16.5. The summed E-state index contributed by atoms with van der Waals surface area (Å²) in [5, 5.41) is 6.29. The van der Waals surface area contributed by atoms with E-state index in [9.17, 15) is 4.79 Å². The highest BCUT2D eigenvalue weighted by Crippen LogP contribution is 2.38.